The van der Waals surface area contributed by atoms with Gasteiger partial charge in [0.25, 0.3) is 0 Å². The van der Waals surface area contributed by atoms with Gasteiger partial charge in [0.1, 0.15) is 0 Å². The maximum absolute atomic E-state index is 10.3. The molecule has 0 atom stereocenters. The zero-order valence-corrected chi connectivity index (χ0v) is 7.90. The van der Waals surface area contributed by atoms with Crippen molar-refractivity contribution in [2.75, 3.05) is 0 Å². The summed E-state index contributed by atoms with van der Waals surface area (Å²) in [6.07, 6.45) is 2.55. The number of rotatable bonds is 3. The zero-order chi connectivity index (χ0) is 10.6. The Balaban J connectivity index is 3.08. The van der Waals surface area contributed by atoms with E-state index in [1.54, 1.807) is 6.07 Å². The lowest BCUT2D eigenvalue weighted by atomic mass is 10.0. The van der Waals surface area contributed by atoms with Crippen LogP contribution < -0.4 is 0 Å². The highest BCUT2D eigenvalue weighted by Gasteiger charge is 2.01. The van der Waals surface area contributed by atoms with Gasteiger partial charge in [0, 0.05) is 6.08 Å². The molecule has 0 fully saturated rings. The molecular weight excluding hydrogens is 180 g/mol. The zero-order valence-electron chi connectivity index (χ0n) is 7.90. The van der Waals surface area contributed by atoms with Gasteiger partial charge in [0.2, 0.25) is 0 Å². The third-order valence-electron chi connectivity index (χ3n) is 2.01. The van der Waals surface area contributed by atoms with E-state index in [1.807, 2.05) is 19.1 Å². The molecule has 3 nitrogen and oxygen atoms in total. The molecule has 1 rings (SSSR count). The van der Waals surface area contributed by atoms with Crippen LogP contribution in [0.1, 0.15) is 16.7 Å². The second-order valence-corrected chi connectivity index (χ2v) is 2.97. The summed E-state index contributed by atoms with van der Waals surface area (Å²) in [5, 5.41) is 17.5. The molecule has 0 aliphatic carbocycles. The Morgan fingerprint density at radius 2 is 2.21 bits per heavy atom. The highest BCUT2D eigenvalue weighted by atomic mass is 16.4. The summed E-state index contributed by atoms with van der Waals surface area (Å²) in [7, 11) is 0. The van der Waals surface area contributed by atoms with Crippen LogP contribution in [0.25, 0.3) is 6.08 Å². The van der Waals surface area contributed by atoms with Gasteiger partial charge < -0.3 is 10.2 Å². The summed E-state index contributed by atoms with van der Waals surface area (Å²) >= 11 is 0. The molecule has 0 heterocycles. The van der Waals surface area contributed by atoms with Crippen LogP contribution in [0.15, 0.2) is 24.3 Å². The maximum atomic E-state index is 10.3. The van der Waals surface area contributed by atoms with Crippen molar-refractivity contribution >= 4 is 12.0 Å². The summed E-state index contributed by atoms with van der Waals surface area (Å²) < 4.78 is 0. The standard InChI is InChI=1S/C11H12O3/c1-8-3-2-4-9(10(8)7-12)5-6-11(13)14/h2-6,12H,7H2,1H3,(H,13,14)/b6-5+. The SMILES string of the molecule is Cc1cccc(/C=C/C(=O)O)c1CO. The lowest BCUT2D eigenvalue weighted by Gasteiger charge is -2.05. The predicted molar refractivity (Wildman–Crippen MR) is 53.8 cm³/mol. The summed E-state index contributed by atoms with van der Waals surface area (Å²) in [5.41, 5.74) is 2.47. The minimum Gasteiger partial charge on any atom is -0.478 e. The minimum absolute atomic E-state index is 0.0774. The molecule has 0 aromatic heterocycles. The molecule has 0 aliphatic rings. The van der Waals surface area contributed by atoms with E-state index in [4.69, 9.17) is 10.2 Å². The van der Waals surface area contributed by atoms with Gasteiger partial charge in [-0.05, 0) is 29.7 Å². The number of aliphatic carboxylic acids is 1. The van der Waals surface area contributed by atoms with E-state index in [2.05, 4.69) is 0 Å². The Labute approximate surface area is 82.3 Å². The molecule has 0 amide bonds. The molecule has 2 N–H and O–H groups in total. The van der Waals surface area contributed by atoms with Gasteiger partial charge >= 0.3 is 5.97 Å². The molecule has 0 aliphatic heterocycles. The van der Waals surface area contributed by atoms with Crippen molar-refractivity contribution in [1.29, 1.82) is 0 Å². The van der Waals surface area contributed by atoms with Gasteiger partial charge in [-0.25, -0.2) is 4.79 Å². The summed E-state index contributed by atoms with van der Waals surface area (Å²) in [4.78, 5) is 10.3. The van der Waals surface area contributed by atoms with Crippen molar-refractivity contribution in [3.63, 3.8) is 0 Å². The van der Waals surface area contributed by atoms with Gasteiger partial charge in [0.05, 0.1) is 6.61 Å². The van der Waals surface area contributed by atoms with Crippen molar-refractivity contribution in [3.8, 4) is 0 Å². The number of benzene rings is 1. The molecule has 14 heavy (non-hydrogen) atoms. The number of carbonyl (C=O) groups is 1. The Hall–Kier alpha value is -1.61. The molecular formula is C11H12O3. The lowest BCUT2D eigenvalue weighted by molar-refractivity contribution is -0.131. The van der Waals surface area contributed by atoms with Crippen LogP contribution in [0.2, 0.25) is 0 Å². The first kappa shape index (κ1) is 10.5. The fraction of sp³-hybridized carbons (Fsp3) is 0.182. The van der Waals surface area contributed by atoms with Crippen molar-refractivity contribution in [3.05, 3.63) is 41.0 Å². The summed E-state index contributed by atoms with van der Waals surface area (Å²) in [6, 6.07) is 5.48. The molecule has 1 aromatic rings. The Morgan fingerprint density at radius 3 is 2.79 bits per heavy atom. The normalized spacial score (nSPS) is 10.7. The number of hydrogen-bond donors (Lipinski definition) is 2. The van der Waals surface area contributed by atoms with Crippen LogP contribution in [0.4, 0.5) is 0 Å². The van der Waals surface area contributed by atoms with E-state index in [9.17, 15) is 4.79 Å². The van der Waals surface area contributed by atoms with Crippen LogP contribution in [-0.4, -0.2) is 16.2 Å². The highest BCUT2D eigenvalue weighted by molar-refractivity contribution is 5.85. The van der Waals surface area contributed by atoms with Crippen molar-refractivity contribution in [1.82, 2.24) is 0 Å². The number of aryl methyl sites for hydroxylation is 1. The molecule has 0 radical (unpaired) electrons. The highest BCUT2D eigenvalue weighted by Crippen LogP contribution is 2.15. The molecule has 0 unspecified atom stereocenters. The van der Waals surface area contributed by atoms with Gasteiger partial charge in [-0.1, -0.05) is 18.2 Å². The Kier molecular flexibility index (Phi) is 3.42. The second-order valence-electron chi connectivity index (χ2n) is 2.97. The average Bonchev–Trinajstić information content (AvgIpc) is 2.14. The van der Waals surface area contributed by atoms with Gasteiger partial charge in [-0.3, -0.25) is 0 Å². The lowest BCUT2D eigenvalue weighted by Crippen LogP contribution is -1.93. The number of hydrogen-bond acceptors (Lipinski definition) is 2. The van der Waals surface area contributed by atoms with Crippen LogP contribution in [0.5, 0.6) is 0 Å². The summed E-state index contributed by atoms with van der Waals surface area (Å²) in [6.45, 7) is 1.80. The fourth-order valence-corrected chi connectivity index (χ4v) is 1.26. The largest absolute Gasteiger partial charge is 0.478 e. The molecule has 74 valence electrons. The maximum Gasteiger partial charge on any atom is 0.328 e. The average molecular weight is 192 g/mol. The van der Waals surface area contributed by atoms with Gasteiger partial charge in [-0.2, -0.15) is 0 Å². The monoisotopic (exact) mass is 192 g/mol. The van der Waals surface area contributed by atoms with Gasteiger partial charge in [-0.15, -0.1) is 0 Å². The Bertz CT molecular complexity index is 367. The molecule has 0 bridgehead atoms. The smallest absolute Gasteiger partial charge is 0.328 e. The van der Waals surface area contributed by atoms with E-state index in [0.717, 1.165) is 22.8 Å². The fourth-order valence-electron chi connectivity index (χ4n) is 1.26. The van der Waals surface area contributed by atoms with Crippen LogP contribution in [-0.2, 0) is 11.4 Å². The minimum atomic E-state index is -0.990. The number of carboxylic acid groups (broad SMARTS) is 1. The first-order valence-electron chi connectivity index (χ1n) is 4.25. The quantitative estimate of drug-likeness (QED) is 0.715. The molecule has 0 saturated heterocycles. The molecule has 0 spiro atoms. The van der Waals surface area contributed by atoms with Crippen LogP contribution in [0.3, 0.4) is 0 Å². The molecule has 3 heteroatoms. The number of aliphatic hydroxyl groups is 1. The second kappa shape index (κ2) is 4.58. The molecule has 1 aromatic carbocycles. The van der Waals surface area contributed by atoms with E-state index in [0.29, 0.717) is 0 Å². The van der Waals surface area contributed by atoms with E-state index >= 15 is 0 Å². The van der Waals surface area contributed by atoms with Crippen molar-refractivity contribution in [2.24, 2.45) is 0 Å². The van der Waals surface area contributed by atoms with Crippen LogP contribution >= 0.6 is 0 Å². The first-order chi connectivity index (χ1) is 6.65. The third kappa shape index (κ3) is 2.44. The number of aliphatic hydroxyl groups excluding tert-OH is 1. The van der Waals surface area contributed by atoms with Crippen molar-refractivity contribution in [2.45, 2.75) is 13.5 Å². The topological polar surface area (TPSA) is 57.5 Å². The van der Waals surface area contributed by atoms with E-state index in [-0.39, 0.29) is 6.61 Å². The molecule has 0 saturated carbocycles. The van der Waals surface area contributed by atoms with Crippen molar-refractivity contribution < 1.29 is 15.0 Å². The Morgan fingerprint density at radius 1 is 1.50 bits per heavy atom. The third-order valence-corrected chi connectivity index (χ3v) is 2.01. The van der Waals surface area contributed by atoms with Crippen LogP contribution in [0, 0.1) is 6.92 Å². The van der Waals surface area contributed by atoms with E-state index < -0.39 is 5.97 Å². The van der Waals surface area contributed by atoms with Gasteiger partial charge in [0.15, 0.2) is 0 Å². The van der Waals surface area contributed by atoms with E-state index in [1.165, 1.54) is 6.08 Å². The number of carboxylic acids is 1. The predicted octanol–water partition coefficient (Wildman–Crippen LogP) is 1.59. The first-order valence-corrected chi connectivity index (χ1v) is 4.25. The summed E-state index contributed by atoms with van der Waals surface area (Å²) in [5.74, 6) is -0.990.